The first kappa shape index (κ1) is 19.9. The van der Waals surface area contributed by atoms with Gasteiger partial charge in [0.2, 0.25) is 12.0 Å². The Balaban J connectivity index is 2.07. The Hall–Kier alpha value is -2.41. The fourth-order valence-electron chi connectivity index (χ4n) is 2.73. The van der Waals surface area contributed by atoms with Crippen molar-refractivity contribution in [3.8, 4) is 0 Å². The fourth-order valence-corrected chi connectivity index (χ4v) is 2.73. The molecule has 7 heteroatoms. The maximum Gasteiger partial charge on any atom is 0.426 e. The van der Waals surface area contributed by atoms with Gasteiger partial charge in [0, 0.05) is 12.1 Å². The molecule has 26 heavy (non-hydrogen) atoms. The molecule has 0 saturated carbocycles. The van der Waals surface area contributed by atoms with Crippen molar-refractivity contribution >= 4 is 17.8 Å². The zero-order chi connectivity index (χ0) is 19.3. The smallest absolute Gasteiger partial charge is 0.420 e. The number of hydrogen-bond acceptors (Lipinski definition) is 5. The summed E-state index contributed by atoms with van der Waals surface area (Å²) in [6, 6.07) is 7.97. The van der Waals surface area contributed by atoms with E-state index in [1.807, 2.05) is 33.8 Å². The molecule has 1 aromatic rings. The SMILES string of the molecule is CC(C)CC(NC(=O)c1ccccc1)C(=O)C1NN(CC(C)C)C(=O)O1. The Morgan fingerprint density at radius 3 is 2.38 bits per heavy atom. The van der Waals surface area contributed by atoms with E-state index in [-0.39, 0.29) is 23.5 Å². The minimum atomic E-state index is -1.08. The first-order valence-corrected chi connectivity index (χ1v) is 8.92. The number of carbonyl (C=O) groups excluding carboxylic acids is 3. The molecule has 2 unspecified atom stereocenters. The van der Waals surface area contributed by atoms with E-state index in [0.717, 1.165) is 0 Å². The van der Waals surface area contributed by atoms with Gasteiger partial charge in [0.15, 0.2) is 0 Å². The molecule has 0 radical (unpaired) electrons. The van der Waals surface area contributed by atoms with Crippen molar-refractivity contribution in [1.29, 1.82) is 0 Å². The van der Waals surface area contributed by atoms with Crippen molar-refractivity contribution in [1.82, 2.24) is 15.8 Å². The Labute approximate surface area is 154 Å². The summed E-state index contributed by atoms with van der Waals surface area (Å²) in [5.74, 6) is -0.271. The number of benzene rings is 1. The number of nitrogens with one attached hydrogen (secondary N) is 2. The number of amides is 2. The van der Waals surface area contributed by atoms with E-state index < -0.39 is 18.4 Å². The molecule has 142 valence electrons. The number of cyclic esters (lactones) is 1. The molecule has 7 nitrogen and oxygen atoms in total. The molecule has 0 aliphatic carbocycles. The van der Waals surface area contributed by atoms with Gasteiger partial charge in [0.1, 0.15) is 0 Å². The summed E-state index contributed by atoms with van der Waals surface area (Å²) in [4.78, 5) is 37.2. The normalized spacial score (nSPS) is 18.2. The summed E-state index contributed by atoms with van der Waals surface area (Å²) in [6.07, 6.45) is -1.20. The lowest BCUT2D eigenvalue weighted by Gasteiger charge is -2.22. The van der Waals surface area contributed by atoms with Gasteiger partial charge >= 0.3 is 6.09 Å². The van der Waals surface area contributed by atoms with E-state index >= 15 is 0 Å². The highest BCUT2D eigenvalue weighted by Crippen LogP contribution is 2.15. The second kappa shape index (κ2) is 8.80. The van der Waals surface area contributed by atoms with Crippen LogP contribution in [0.3, 0.4) is 0 Å². The number of hydrazine groups is 1. The Bertz CT molecular complexity index is 645. The summed E-state index contributed by atoms with van der Waals surface area (Å²) >= 11 is 0. The summed E-state index contributed by atoms with van der Waals surface area (Å²) in [5, 5.41) is 4.08. The van der Waals surface area contributed by atoms with Crippen LogP contribution in [0.15, 0.2) is 30.3 Å². The Morgan fingerprint density at radius 1 is 1.15 bits per heavy atom. The second-order valence-electron chi connectivity index (χ2n) is 7.32. The third kappa shape index (κ3) is 5.29. The Kier molecular flexibility index (Phi) is 6.74. The maximum atomic E-state index is 12.8. The molecule has 0 aromatic heterocycles. The van der Waals surface area contributed by atoms with Crippen LogP contribution in [0.4, 0.5) is 4.79 Å². The first-order chi connectivity index (χ1) is 12.3. The molecule has 0 bridgehead atoms. The highest BCUT2D eigenvalue weighted by molar-refractivity contribution is 5.99. The Morgan fingerprint density at radius 2 is 1.81 bits per heavy atom. The molecule has 0 spiro atoms. The summed E-state index contributed by atoms with van der Waals surface area (Å²) in [6.45, 7) is 8.30. The number of ether oxygens (including phenoxy) is 1. The van der Waals surface area contributed by atoms with Gasteiger partial charge in [-0.25, -0.2) is 9.80 Å². The van der Waals surface area contributed by atoms with Crippen LogP contribution in [-0.2, 0) is 9.53 Å². The fraction of sp³-hybridized carbons (Fsp3) is 0.526. The lowest BCUT2D eigenvalue weighted by atomic mass is 9.99. The van der Waals surface area contributed by atoms with Gasteiger partial charge in [-0.05, 0) is 30.4 Å². The van der Waals surface area contributed by atoms with Gasteiger partial charge in [0.05, 0.1) is 6.04 Å². The average molecular weight is 361 g/mol. The molecule has 2 N–H and O–H groups in total. The number of nitrogens with zero attached hydrogens (tertiary/aromatic N) is 1. The molecule has 2 rings (SSSR count). The van der Waals surface area contributed by atoms with Crippen LogP contribution in [0.2, 0.25) is 0 Å². The van der Waals surface area contributed by atoms with Crippen LogP contribution in [0, 0.1) is 11.8 Å². The number of hydrogen-bond donors (Lipinski definition) is 2. The number of rotatable bonds is 8. The number of ketones is 1. The van der Waals surface area contributed by atoms with Crippen LogP contribution in [0.5, 0.6) is 0 Å². The van der Waals surface area contributed by atoms with E-state index in [9.17, 15) is 14.4 Å². The van der Waals surface area contributed by atoms with Crippen molar-refractivity contribution in [2.75, 3.05) is 6.54 Å². The van der Waals surface area contributed by atoms with Crippen molar-refractivity contribution in [3.05, 3.63) is 35.9 Å². The number of carbonyl (C=O) groups is 3. The van der Waals surface area contributed by atoms with Gasteiger partial charge in [-0.2, -0.15) is 5.43 Å². The summed E-state index contributed by atoms with van der Waals surface area (Å²) in [5.41, 5.74) is 3.28. The zero-order valence-electron chi connectivity index (χ0n) is 15.7. The zero-order valence-corrected chi connectivity index (χ0v) is 15.7. The molecule has 1 aliphatic heterocycles. The molecule has 2 amide bonds. The first-order valence-electron chi connectivity index (χ1n) is 8.92. The third-order valence-corrected chi connectivity index (χ3v) is 3.91. The summed E-state index contributed by atoms with van der Waals surface area (Å²) in [7, 11) is 0. The lowest BCUT2D eigenvalue weighted by Crippen LogP contribution is -2.51. The van der Waals surface area contributed by atoms with Crippen LogP contribution in [0.25, 0.3) is 0 Å². The average Bonchev–Trinajstić information content (AvgIpc) is 2.94. The lowest BCUT2D eigenvalue weighted by molar-refractivity contribution is -0.129. The largest absolute Gasteiger partial charge is 0.426 e. The highest BCUT2D eigenvalue weighted by Gasteiger charge is 2.39. The minimum Gasteiger partial charge on any atom is -0.420 e. The van der Waals surface area contributed by atoms with Crippen molar-refractivity contribution in [2.45, 2.75) is 46.4 Å². The molecular formula is C19H27N3O4. The number of Topliss-reactive ketones (excluding diaryl/α,β-unsaturated/α-hetero) is 1. The molecular weight excluding hydrogens is 334 g/mol. The van der Waals surface area contributed by atoms with Gasteiger partial charge in [-0.3, -0.25) is 9.59 Å². The van der Waals surface area contributed by atoms with E-state index in [2.05, 4.69) is 10.7 Å². The van der Waals surface area contributed by atoms with Crippen LogP contribution >= 0.6 is 0 Å². The standard InChI is InChI=1S/C19H27N3O4/c1-12(2)10-15(20-17(24)14-8-6-5-7-9-14)16(23)18-21-22(11-13(3)4)19(25)26-18/h5-9,12-13,15,18,21H,10-11H2,1-4H3,(H,20,24). The second-order valence-corrected chi connectivity index (χ2v) is 7.32. The third-order valence-electron chi connectivity index (χ3n) is 3.91. The van der Waals surface area contributed by atoms with E-state index in [0.29, 0.717) is 18.5 Å². The molecule has 2 atom stereocenters. The maximum absolute atomic E-state index is 12.8. The molecule has 1 fully saturated rings. The van der Waals surface area contributed by atoms with Gasteiger partial charge < -0.3 is 10.1 Å². The van der Waals surface area contributed by atoms with Gasteiger partial charge in [0.25, 0.3) is 5.91 Å². The van der Waals surface area contributed by atoms with Crippen LogP contribution < -0.4 is 10.7 Å². The van der Waals surface area contributed by atoms with Gasteiger partial charge in [-0.1, -0.05) is 45.9 Å². The molecule has 1 saturated heterocycles. The predicted octanol–water partition coefficient (Wildman–Crippen LogP) is 2.34. The topological polar surface area (TPSA) is 87.7 Å². The summed E-state index contributed by atoms with van der Waals surface area (Å²) < 4.78 is 5.16. The van der Waals surface area contributed by atoms with Crippen molar-refractivity contribution < 1.29 is 19.1 Å². The van der Waals surface area contributed by atoms with E-state index in [4.69, 9.17) is 4.74 Å². The molecule has 1 aromatic carbocycles. The quantitative estimate of drug-likeness (QED) is 0.742. The predicted molar refractivity (Wildman–Crippen MR) is 97.1 cm³/mol. The van der Waals surface area contributed by atoms with E-state index in [1.165, 1.54) is 5.01 Å². The van der Waals surface area contributed by atoms with Crippen molar-refractivity contribution in [3.63, 3.8) is 0 Å². The molecule has 1 heterocycles. The van der Waals surface area contributed by atoms with Gasteiger partial charge in [-0.15, -0.1) is 0 Å². The van der Waals surface area contributed by atoms with Crippen LogP contribution in [0.1, 0.15) is 44.5 Å². The minimum absolute atomic E-state index is 0.184. The molecule has 1 aliphatic rings. The van der Waals surface area contributed by atoms with E-state index in [1.54, 1.807) is 24.3 Å². The van der Waals surface area contributed by atoms with Crippen molar-refractivity contribution in [2.24, 2.45) is 11.8 Å². The van der Waals surface area contributed by atoms with Crippen LogP contribution in [-0.4, -0.2) is 41.6 Å². The monoisotopic (exact) mass is 361 g/mol. The highest BCUT2D eigenvalue weighted by atomic mass is 16.6.